The largest absolute Gasteiger partial charge is 0.148 e. The highest BCUT2D eigenvalue weighted by Crippen LogP contribution is 2.38. The Morgan fingerprint density at radius 1 is 1.24 bits per heavy atom. The Hall–Kier alpha value is -0.170. The van der Waals surface area contributed by atoms with Crippen molar-refractivity contribution in [1.82, 2.24) is 0 Å². The second-order valence-corrected chi connectivity index (χ2v) is 6.35. The molecule has 2 rings (SSSR count). The van der Waals surface area contributed by atoms with Gasteiger partial charge in [0.1, 0.15) is 0 Å². The van der Waals surface area contributed by atoms with Gasteiger partial charge in [0.05, 0.1) is 0 Å². The standard InChI is InChI=1S/C16H26S/c1-12(14-8-6-7-9-14)13(2)16(17)15-10-4-3-5-11-15/h6,8,12-14,17H,3-5,7,9-11H2,1-2H3. The third-order valence-corrected chi connectivity index (χ3v) is 5.49. The Morgan fingerprint density at radius 2 is 1.94 bits per heavy atom. The Kier molecular flexibility index (Phi) is 4.78. The van der Waals surface area contributed by atoms with Gasteiger partial charge in [-0.05, 0) is 61.2 Å². The van der Waals surface area contributed by atoms with Crippen LogP contribution in [-0.4, -0.2) is 0 Å². The molecule has 0 aromatic rings. The topological polar surface area (TPSA) is 0 Å². The van der Waals surface area contributed by atoms with E-state index in [9.17, 15) is 0 Å². The normalized spacial score (nSPS) is 28.2. The van der Waals surface area contributed by atoms with E-state index in [1.807, 2.05) is 0 Å². The first kappa shape index (κ1) is 13.3. The molecule has 0 heterocycles. The van der Waals surface area contributed by atoms with E-state index < -0.39 is 0 Å². The summed E-state index contributed by atoms with van der Waals surface area (Å²) >= 11 is 4.86. The van der Waals surface area contributed by atoms with Gasteiger partial charge in [-0.2, -0.15) is 0 Å². The number of hydrogen-bond donors (Lipinski definition) is 1. The molecule has 1 heteroatoms. The van der Waals surface area contributed by atoms with E-state index in [0.717, 1.165) is 11.8 Å². The molecular weight excluding hydrogens is 224 g/mol. The van der Waals surface area contributed by atoms with Crippen LogP contribution >= 0.6 is 12.6 Å². The van der Waals surface area contributed by atoms with Crippen molar-refractivity contribution in [2.75, 3.05) is 0 Å². The molecule has 96 valence electrons. The minimum absolute atomic E-state index is 0.638. The van der Waals surface area contributed by atoms with Gasteiger partial charge in [-0.3, -0.25) is 0 Å². The summed E-state index contributed by atoms with van der Waals surface area (Å²) in [4.78, 5) is 1.41. The minimum atomic E-state index is 0.638. The van der Waals surface area contributed by atoms with Crippen molar-refractivity contribution in [1.29, 1.82) is 0 Å². The van der Waals surface area contributed by atoms with Crippen LogP contribution in [0.2, 0.25) is 0 Å². The molecule has 1 saturated carbocycles. The van der Waals surface area contributed by atoms with Crippen LogP contribution in [0.25, 0.3) is 0 Å². The third-order valence-electron chi connectivity index (χ3n) is 4.76. The number of rotatable bonds is 3. The van der Waals surface area contributed by atoms with Crippen molar-refractivity contribution >= 4 is 12.6 Å². The van der Waals surface area contributed by atoms with Crippen molar-refractivity contribution in [3.05, 3.63) is 22.6 Å². The molecule has 0 spiro atoms. The second-order valence-electron chi connectivity index (χ2n) is 5.87. The van der Waals surface area contributed by atoms with Crippen LogP contribution in [-0.2, 0) is 0 Å². The summed E-state index contributed by atoms with van der Waals surface area (Å²) in [6, 6.07) is 0. The molecule has 0 radical (unpaired) electrons. The second kappa shape index (κ2) is 6.13. The van der Waals surface area contributed by atoms with E-state index in [0.29, 0.717) is 5.92 Å². The highest BCUT2D eigenvalue weighted by Gasteiger charge is 2.25. The molecule has 0 saturated heterocycles. The van der Waals surface area contributed by atoms with Gasteiger partial charge in [-0.25, -0.2) is 0 Å². The maximum atomic E-state index is 4.86. The first-order valence-electron chi connectivity index (χ1n) is 7.27. The molecule has 0 amide bonds. The Morgan fingerprint density at radius 3 is 2.53 bits per heavy atom. The summed E-state index contributed by atoms with van der Waals surface area (Å²) in [5.74, 6) is 2.17. The average molecular weight is 250 g/mol. The zero-order valence-electron chi connectivity index (χ0n) is 11.3. The monoisotopic (exact) mass is 250 g/mol. The van der Waals surface area contributed by atoms with Gasteiger partial charge < -0.3 is 0 Å². The molecule has 0 bridgehead atoms. The predicted molar refractivity (Wildman–Crippen MR) is 79.3 cm³/mol. The van der Waals surface area contributed by atoms with E-state index in [1.54, 1.807) is 5.57 Å². The van der Waals surface area contributed by atoms with Crippen molar-refractivity contribution in [3.63, 3.8) is 0 Å². The lowest BCUT2D eigenvalue weighted by molar-refractivity contribution is 0.341. The lowest BCUT2D eigenvalue weighted by Crippen LogP contribution is -2.17. The van der Waals surface area contributed by atoms with E-state index in [2.05, 4.69) is 26.0 Å². The van der Waals surface area contributed by atoms with Crippen molar-refractivity contribution in [2.45, 2.75) is 58.8 Å². The molecule has 3 unspecified atom stereocenters. The van der Waals surface area contributed by atoms with E-state index >= 15 is 0 Å². The van der Waals surface area contributed by atoms with E-state index in [1.165, 1.54) is 49.9 Å². The molecule has 17 heavy (non-hydrogen) atoms. The quantitative estimate of drug-likeness (QED) is 0.505. The molecule has 0 N–H and O–H groups in total. The van der Waals surface area contributed by atoms with Crippen molar-refractivity contribution in [2.24, 2.45) is 17.8 Å². The Bertz CT molecular complexity index is 305. The molecule has 0 aliphatic heterocycles. The zero-order chi connectivity index (χ0) is 12.3. The van der Waals surface area contributed by atoms with Crippen LogP contribution in [0.4, 0.5) is 0 Å². The summed E-state index contributed by atoms with van der Waals surface area (Å²) in [6.45, 7) is 4.78. The molecule has 2 aliphatic carbocycles. The molecule has 3 atom stereocenters. The van der Waals surface area contributed by atoms with Crippen LogP contribution in [0, 0.1) is 17.8 Å². The fourth-order valence-corrected chi connectivity index (χ4v) is 3.73. The number of thiol groups is 1. The third kappa shape index (κ3) is 3.19. The van der Waals surface area contributed by atoms with Gasteiger partial charge in [-0.1, -0.05) is 38.0 Å². The van der Waals surface area contributed by atoms with Gasteiger partial charge >= 0.3 is 0 Å². The summed E-state index contributed by atoms with van der Waals surface area (Å²) in [6.07, 6.45) is 14.2. The molecule has 1 fully saturated rings. The lowest BCUT2D eigenvalue weighted by Gasteiger charge is -2.28. The first-order valence-corrected chi connectivity index (χ1v) is 7.72. The molecule has 2 aliphatic rings. The van der Waals surface area contributed by atoms with Gasteiger partial charge in [0.25, 0.3) is 0 Å². The van der Waals surface area contributed by atoms with Gasteiger partial charge in [0, 0.05) is 0 Å². The van der Waals surface area contributed by atoms with Crippen LogP contribution in [0.1, 0.15) is 58.8 Å². The van der Waals surface area contributed by atoms with Crippen LogP contribution in [0.15, 0.2) is 22.6 Å². The van der Waals surface area contributed by atoms with Crippen molar-refractivity contribution in [3.8, 4) is 0 Å². The molecule has 0 aromatic carbocycles. The van der Waals surface area contributed by atoms with Gasteiger partial charge in [0.15, 0.2) is 0 Å². The maximum absolute atomic E-state index is 4.86. The average Bonchev–Trinajstić information content (AvgIpc) is 2.91. The molecule has 0 nitrogen and oxygen atoms in total. The van der Waals surface area contributed by atoms with Crippen LogP contribution in [0.3, 0.4) is 0 Å². The maximum Gasteiger partial charge on any atom is -0.0102 e. The molecule has 0 aromatic heterocycles. The van der Waals surface area contributed by atoms with Crippen LogP contribution < -0.4 is 0 Å². The minimum Gasteiger partial charge on any atom is -0.148 e. The fourth-order valence-electron chi connectivity index (χ4n) is 3.27. The zero-order valence-corrected chi connectivity index (χ0v) is 12.2. The fraction of sp³-hybridized carbons (Fsp3) is 0.750. The van der Waals surface area contributed by atoms with Crippen molar-refractivity contribution < 1.29 is 0 Å². The lowest BCUT2D eigenvalue weighted by atomic mass is 9.81. The summed E-state index contributed by atoms with van der Waals surface area (Å²) in [5, 5.41) is 0. The number of hydrogen-bond acceptors (Lipinski definition) is 1. The van der Waals surface area contributed by atoms with Gasteiger partial charge in [-0.15, -0.1) is 12.6 Å². The predicted octanol–water partition coefficient (Wildman–Crippen LogP) is 5.37. The summed E-state index contributed by atoms with van der Waals surface area (Å²) in [5.41, 5.74) is 1.65. The highest BCUT2D eigenvalue weighted by molar-refractivity contribution is 7.84. The Balaban J connectivity index is 2.02. The summed E-state index contributed by atoms with van der Waals surface area (Å²) in [7, 11) is 0. The van der Waals surface area contributed by atoms with Gasteiger partial charge in [0.2, 0.25) is 0 Å². The Labute approximate surface area is 112 Å². The first-order chi connectivity index (χ1) is 8.20. The highest BCUT2D eigenvalue weighted by atomic mass is 32.1. The SMILES string of the molecule is CC(C(S)=C1CCCCC1)C(C)C1C=CCC1. The van der Waals surface area contributed by atoms with E-state index in [4.69, 9.17) is 12.6 Å². The summed E-state index contributed by atoms with van der Waals surface area (Å²) < 4.78 is 0. The number of allylic oxidation sites excluding steroid dienone is 4. The molecular formula is C16H26S. The van der Waals surface area contributed by atoms with E-state index in [-0.39, 0.29) is 0 Å². The van der Waals surface area contributed by atoms with Crippen LogP contribution in [0.5, 0.6) is 0 Å². The smallest absolute Gasteiger partial charge is 0.0102 e.